The van der Waals surface area contributed by atoms with Gasteiger partial charge >= 0.3 is 0 Å². The highest BCUT2D eigenvalue weighted by Crippen LogP contribution is 2.28. The maximum Gasteiger partial charge on any atom is 0.276 e. The zero-order valence-corrected chi connectivity index (χ0v) is 17.3. The van der Waals surface area contributed by atoms with Crippen LogP contribution in [0.15, 0.2) is 79.3 Å². The van der Waals surface area contributed by atoms with Gasteiger partial charge in [0.15, 0.2) is 5.69 Å². The molecule has 1 aliphatic carbocycles. The monoisotopic (exact) mass is 420 g/mol. The van der Waals surface area contributed by atoms with Gasteiger partial charge in [0, 0.05) is 11.3 Å². The Morgan fingerprint density at radius 2 is 1.75 bits per heavy atom. The number of hydrogen-bond donors (Lipinski definition) is 1. The summed E-state index contributed by atoms with van der Waals surface area (Å²) < 4.78 is 3.83. The standard InChI is InChI=1S/C25H20N6O/c32-25(24-19-9-6-12-21(19)31(29-24)18-7-2-1-3-8-18)28-17-13-14-23(26-15-17)30-16-27-20-10-4-5-11-22(20)30/h1-5,7-8,10-11,13-16H,6,9,12H2,(H,28,32). The molecule has 0 saturated heterocycles. The molecule has 0 fully saturated rings. The smallest absolute Gasteiger partial charge is 0.276 e. The van der Waals surface area contributed by atoms with Crippen molar-refractivity contribution in [2.45, 2.75) is 19.3 Å². The second-order valence-corrected chi connectivity index (χ2v) is 7.84. The Morgan fingerprint density at radius 3 is 2.59 bits per heavy atom. The predicted molar refractivity (Wildman–Crippen MR) is 122 cm³/mol. The molecule has 3 heterocycles. The van der Waals surface area contributed by atoms with E-state index in [-0.39, 0.29) is 5.91 Å². The Hall–Kier alpha value is -4.26. The van der Waals surface area contributed by atoms with Gasteiger partial charge in [-0.15, -0.1) is 0 Å². The van der Waals surface area contributed by atoms with E-state index in [2.05, 4.69) is 20.4 Å². The SMILES string of the molecule is O=C(Nc1ccc(-n2cnc3ccccc32)nc1)c1nn(-c2ccccc2)c2c1CCC2. The summed E-state index contributed by atoms with van der Waals surface area (Å²) in [5, 5.41) is 7.62. The second kappa shape index (κ2) is 7.46. The molecule has 156 valence electrons. The van der Waals surface area contributed by atoms with Gasteiger partial charge in [0.2, 0.25) is 0 Å². The summed E-state index contributed by atoms with van der Waals surface area (Å²) in [6.45, 7) is 0. The van der Waals surface area contributed by atoms with Gasteiger partial charge in [-0.25, -0.2) is 14.6 Å². The van der Waals surface area contributed by atoms with Gasteiger partial charge in [-0.2, -0.15) is 5.10 Å². The minimum Gasteiger partial charge on any atom is -0.319 e. The van der Waals surface area contributed by atoms with E-state index in [9.17, 15) is 4.79 Å². The van der Waals surface area contributed by atoms with Gasteiger partial charge in [-0.05, 0) is 55.7 Å². The van der Waals surface area contributed by atoms with Crippen molar-refractivity contribution < 1.29 is 4.79 Å². The third-order valence-corrected chi connectivity index (χ3v) is 5.85. The lowest BCUT2D eigenvalue weighted by atomic mass is 10.2. The molecule has 32 heavy (non-hydrogen) atoms. The Kier molecular flexibility index (Phi) is 4.31. The number of nitrogens with one attached hydrogen (secondary N) is 1. The van der Waals surface area contributed by atoms with Gasteiger partial charge in [-0.3, -0.25) is 9.36 Å². The molecule has 5 aromatic rings. The molecule has 0 aliphatic heterocycles. The first-order valence-electron chi connectivity index (χ1n) is 10.6. The van der Waals surface area contributed by atoms with Crippen LogP contribution < -0.4 is 5.32 Å². The number of fused-ring (bicyclic) bond motifs is 2. The zero-order valence-electron chi connectivity index (χ0n) is 17.3. The van der Waals surface area contributed by atoms with Crippen LogP contribution in [0.3, 0.4) is 0 Å². The molecule has 2 aromatic carbocycles. The zero-order chi connectivity index (χ0) is 21.5. The maximum atomic E-state index is 13.1. The minimum absolute atomic E-state index is 0.208. The average molecular weight is 420 g/mol. The number of anilines is 1. The molecule has 7 nitrogen and oxygen atoms in total. The summed E-state index contributed by atoms with van der Waals surface area (Å²) in [5.41, 5.74) is 6.16. The van der Waals surface area contributed by atoms with E-state index in [1.165, 1.54) is 0 Å². The fourth-order valence-corrected chi connectivity index (χ4v) is 4.34. The van der Waals surface area contributed by atoms with Crippen LogP contribution in [0.2, 0.25) is 0 Å². The molecular formula is C25H20N6O. The lowest BCUT2D eigenvalue weighted by molar-refractivity contribution is 0.102. The van der Waals surface area contributed by atoms with Crippen LogP contribution in [-0.4, -0.2) is 30.2 Å². The number of hydrogen-bond acceptors (Lipinski definition) is 4. The van der Waals surface area contributed by atoms with Crippen molar-refractivity contribution in [3.63, 3.8) is 0 Å². The lowest BCUT2D eigenvalue weighted by Crippen LogP contribution is -2.15. The Morgan fingerprint density at radius 1 is 0.906 bits per heavy atom. The second-order valence-electron chi connectivity index (χ2n) is 7.84. The average Bonchev–Trinajstić information content (AvgIpc) is 3.55. The molecule has 1 amide bonds. The topological polar surface area (TPSA) is 77.6 Å². The fourth-order valence-electron chi connectivity index (χ4n) is 4.34. The summed E-state index contributed by atoms with van der Waals surface area (Å²) >= 11 is 0. The van der Waals surface area contributed by atoms with E-state index in [1.807, 2.05) is 76.0 Å². The van der Waals surface area contributed by atoms with Crippen molar-refractivity contribution in [1.29, 1.82) is 0 Å². The summed E-state index contributed by atoms with van der Waals surface area (Å²) in [6, 6.07) is 21.6. The number of carbonyl (C=O) groups excluding carboxylic acids is 1. The number of amides is 1. The molecular weight excluding hydrogens is 400 g/mol. The molecule has 7 heteroatoms. The number of rotatable bonds is 4. The molecule has 0 radical (unpaired) electrons. The number of aromatic nitrogens is 5. The van der Waals surface area contributed by atoms with Crippen molar-refractivity contribution in [2.24, 2.45) is 0 Å². The van der Waals surface area contributed by atoms with E-state index < -0.39 is 0 Å². The number of para-hydroxylation sites is 3. The molecule has 0 spiro atoms. The van der Waals surface area contributed by atoms with Gasteiger partial charge < -0.3 is 5.32 Å². The van der Waals surface area contributed by atoms with E-state index in [4.69, 9.17) is 0 Å². The molecule has 1 N–H and O–H groups in total. The van der Waals surface area contributed by atoms with Gasteiger partial charge in [-0.1, -0.05) is 30.3 Å². The van der Waals surface area contributed by atoms with Gasteiger partial charge in [0.25, 0.3) is 5.91 Å². The first-order valence-corrected chi connectivity index (χ1v) is 10.6. The highest BCUT2D eigenvalue weighted by molar-refractivity contribution is 6.04. The van der Waals surface area contributed by atoms with Crippen LogP contribution >= 0.6 is 0 Å². The number of carbonyl (C=O) groups is 1. The molecule has 0 bridgehead atoms. The van der Waals surface area contributed by atoms with Crippen LogP contribution in [0.4, 0.5) is 5.69 Å². The summed E-state index contributed by atoms with van der Waals surface area (Å²) in [4.78, 5) is 22.0. The van der Waals surface area contributed by atoms with Crippen LogP contribution in [0, 0.1) is 0 Å². The van der Waals surface area contributed by atoms with Crippen molar-refractivity contribution >= 4 is 22.6 Å². The summed E-state index contributed by atoms with van der Waals surface area (Å²) in [5.74, 6) is 0.534. The van der Waals surface area contributed by atoms with Crippen molar-refractivity contribution in [1.82, 2.24) is 24.3 Å². The van der Waals surface area contributed by atoms with Gasteiger partial charge in [0.05, 0.1) is 28.6 Å². The van der Waals surface area contributed by atoms with Crippen molar-refractivity contribution in [3.8, 4) is 11.5 Å². The number of pyridine rings is 1. The molecule has 0 saturated carbocycles. The van der Waals surface area contributed by atoms with Crippen LogP contribution in [0.1, 0.15) is 28.2 Å². The predicted octanol–water partition coefficient (Wildman–Crippen LogP) is 4.35. The summed E-state index contributed by atoms with van der Waals surface area (Å²) in [7, 11) is 0. The minimum atomic E-state index is -0.208. The highest BCUT2D eigenvalue weighted by atomic mass is 16.2. The summed E-state index contributed by atoms with van der Waals surface area (Å²) in [6.07, 6.45) is 6.26. The number of nitrogens with zero attached hydrogens (tertiary/aromatic N) is 5. The van der Waals surface area contributed by atoms with Crippen LogP contribution in [0.25, 0.3) is 22.5 Å². The molecule has 3 aromatic heterocycles. The van der Waals surface area contributed by atoms with Crippen molar-refractivity contribution in [2.75, 3.05) is 5.32 Å². The lowest BCUT2D eigenvalue weighted by Gasteiger charge is -2.07. The van der Waals surface area contributed by atoms with Crippen LogP contribution in [-0.2, 0) is 12.8 Å². The Bertz CT molecular complexity index is 1430. The Labute approximate surface area is 184 Å². The fraction of sp³-hybridized carbons (Fsp3) is 0.120. The molecule has 0 atom stereocenters. The van der Waals surface area contributed by atoms with E-state index >= 15 is 0 Å². The number of imidazole rings is 1. The first-order chi connectivity index (χ1) is 15.8. The number of benzene rings is 2. The third-order valence-electron chi connectivity index (χ3n) is 5.85. The quantitative estimate of drug-likeness (QED) is 0.469. The Balaban J connectivity index is 1.27. The normalized spacial score (nSPS) is 12.8. The van der Waals surface area contributed by atoms with E-state index in [0.717, 1.165) is 53.1 Å². The highest BCUT2D eigenvalue weighted by Gasteiger charge is 2.27. The van der Waals surface area contributed by atoms with Crippen molar-refractivity contribution in [3.05, 3.63) is 96.2 Å². The van der Waals surface area contributed by atoms with Crippen LogP contribution in [0.5, 0.6) is 0 Å². The first kappa shape index (κ1) is 18.5. The van der Waals surface area contributed by atoms with E-state index in [0.29, 0.717) is 11.4 Å². The molecule has 6 rings (SSSR count). The molecule has 0 unspecified atom stereocenters. The molecule has 1 aliphatic rings. The van der Waals surface area contributed by atoms with Gasteiger partial charge in [0.1, 0.15) is 12.1 Å². The maximum absolute atomic E-state index is 13.1. The third kappa shape index (κ3) is 3.06. The largest absolute Gasteiger partial charge is 0.319 e. The van der Waals surface area contributed by atoms with E-state index in [1.54, 1.807) is 12.5 Å².